The van der Waals surface area contributed by atoms with Crippen molar-refractivity contribution in [2.24, 2.45) is 0 Å². The number of carbonyl (C=O) groups excluding carboxylic acids is 1. The number of thiophene rings is 1. The molecule has 1 unspecified atom stereocenters. The van der Waals surface area contributed by atoms with Gasteiger partial charge in [0.05, 0.1) is 12.6 Å². The average Bonchev–Trinajstić information content (AvgIpc) is 3.32. The molecule has 1 atom stereocenters. The average molecular weight is 382 g/mol. The first-order valence-electron chi connectivity index (χ1n) is 9.75. The van der Waals surface area contributed by atoms with Gasteiger partial charge in [0.15, 0.2) is 0 Å². The third kappa shape index (κ3) is 3.80. The molecule has 1 aromatic carbocycles. The highest BCUT2D eigenvalue weighted by Crippen LogP contribution is 2.35. The Hall–Kier alpha value is -2.11. The van der Waals surface area contributed by atoms with Crippen LogP contribution in [-0.4, -0.2) is 34.9 Å². The standard InChI is InChI=1S/C22H27N3OS/c1-15-21(19-7-3-4-8-20(19)24-15)17-9-11-25(12-10-17)16(2)22(26)23-14-18-6-5-13-27-18/h3-8,13,16-17,24H,9-12,14H2,1-2H3,(H,23,26). The van der Waals surface area contributed by atoms with Crippen LogP contribution in [0.25, 0.3) is 10.9 Å². The molecule has 2 N–H and O–H groups in total. The number of fused-ring (bicyclic) bond motifs is 1. The van der Waals surface area contributed by atoms with E-state index in [-0.39, 0.29) is 11.9 Å². The number of hydrogen-bond donors (Lipinski definition) is 2. The molecule has 0 bridgehead atoms. The maximum atomic E-state index is 12.5. The van der Waals surface area contributed by atoms with E-state index in [4.69, 9.17) is 0 Å². The van der Waals surface area contributed by atoms with Crippen molar-refractivity contribution in [3.63, 3.8) is 0 Å². The molecular weight excluding hydrogens is 354 g/mol. The van der Waals surface area contributed by atoms with Crippen LogP contribution in [0.2, 0.25) is 0 Å². The van der Waals surface area contributed by atoms with E-state index >= 15 is 0 Å². The third-order valence-corrected chi connectivity index (χ3v) is 6.70. The lowest BCUT2D eigenvalue weighted by Crippen LogP contribution is -2.47. The van der Waals surface area contributed by atoms with Crippen molar-refractivity contribution >= 4 is 28.1 Å². The molecule has 5 heteroatoms. The minimum absolute atomic E-state index is 0.0741. The fourth-order valence-corrected chi connectivity index (χ4v) is 4.95. The summed E-state index contributed by atoms with van der Waals surface area (Å²) >= 11 is 1.68. The van der Waals surface area contributed by atoms with E-state index in [9.17, 15) is 4.79 Å². The van der Waals surface area contributed by atoms with Gasteiger partial charge in [0.1, 0.15) is 0 Å². The molecule has 1 fully saturated rings. The number of hydrogen-bond acceptors (Lipinski definition) is 3. The number of likely N-dealkylation sites (tertiary alicyclic amines) is 1. The number of carbonyl (C=O) groups is 1. The van der Waals surface area contributed by atoms with Crippen LogP contribution in [0.15, 0.2) is 41.8 Å². The molecule has 142 valence electrons. The molecule has 0 saturated carbocycles. The normalized spacial score (nSPS) is 17.3. The lowest BCUT2D eigenvalue weighted by Gasteiger charge is -2.35. The fraction of sp³-hybridized carbons (Fsp3) is 0.409. The molecule has 4 rings (SSSR count). The molecule has 1 amide bonds. The first-order valence-corrected chi connectivity index (χ1v) is 10.6. The SMILES string of the molecule is Cc1[nH]c2ccccc2c1C1CCN(C(C)C(=O)NCc2cccs2)CC1. The summed E-state index contributed by atoms with van der Waals surface area (Å²) in [5.41, 5.74) is 3.99. The van der Waals surface area contributed by atoms with Crippen LogP contribution in [0.1, 0.15) is 41.8 Å². The van der Waals surface area contributed by atoms with Gasteiger partial charge in [-0.1, -0.05) is 24.3 Å². The topological polar surface area (TPSA) is 48.1 Å². The van der Waals surface area contributed by atoms with Gasteiger partial charge in [-0.25, -0.2) is 0 Å². The quantitative estimate of drug-likeness (QED) is 0.687. The minimum Gasteiger partial charge on any atom is -0.358 e. The Labute approximate surface area is 164 Å². The molecule has 0 radical (unpaired) electrons. The van der Waals surface area contributed by atoms with Crippen LogP contribution in [0.4, 0.5) is 0 Å². The molecular formula is C22H27N3OS. The molecule has 2 aromatic heterocycles. The maximum Gasteiger partial charge on any atom is 0.237 e. The highest BCUT2D eigenvalue weighted by molar-refractivity contribution is 7.09. The van der Waals surface area contributed by atoms with Gasteiger partial charge in [0.25, 0.3) is 0 Å². The largest absolute Gasteiger partial charge is 0.358 e. The Balaban J connectivity index is 1.36. The number of H-pyrrole nitrogens is 1. The smallest absolute Gasteiger partial charge is 0.237 e. The van der Waals surface area contributed by atoms with Gasteiger partial charge in [0.2, 0.25) is 5.91 Å². The summed E-state index contributed by atoms with van der Waals surface area (Å²) in [6.07, 6.45) is 2.20. The van der Waals surface area contributed by atoms with E-state index in [1.165, 1.54) is 27.0 Å². The summed E-state index contributed by atoms with van der Waals surface area (Å²) in [5.74, 6) is 0.698. The summed E-state index contributed by atoms with van der Waals surface area (Å²) < 4.78 is 0. The van der Waals surface area contributed by atoms with Crippen LogP contribution < -0.4 is 5.32 Å². The number of amides is 1. The summed E-state index contributed by atoms with van der Waals surface area (Å²) in [4.78, 5) is 19.6. The molecule has 3 aromatic rings. The highest BCUT2D eigenvalue weighted by atomic mass is 32.1. The summed E-state index contributed by atoms with van der Waals surface area (Å²) in [6.45, 7) is 6.78. The second-order valence-electron chi connectivity index (χ2n) is 7.49. The van der Waals surface area contributed by atoms with E-state index < -0.39 is 0 Å². The lowest BCUT2D eigenvalue weighted by molar-refractivity contribution is -0.126. The Kier molecular flexibility index (Phi) is 5.32. The number of rotatable bonds is 5. The predicted molar refractivity (Wildman–Crippen MR) is 112 cm³/mol. The fourth-order valence-electron chi connectivity index (χ4n) is 4.30. The molecule has 1 aliphatic rings. The van der Waals surface area contributed by atoms with Gasteiger partial charge in [0, 0.05) is 21.5 Å². The van der Waals surface area contributed by atoms with E-state index in [2.05, 4.69) is 52.5 Å². The lowest BCUT2D eigenvalue weighted by atomic mass is 9.87. The number of aromatic nitrogens is 1. The van der Waals surface area contributed by atoms with Crippen molar-refractivity contribution in [2.45, 2.75) is 45.2 Å². The van der Waals surface area contributed by atoms with Gasteiger partial charge in [-0.05, 0) is 68.8 Å². The van der Waals surface area contributed by atoms with Crippen molar-refractivity contribution in [3.05, 3.63) is 57.9 Å². The predicted octanol–water partition coefficient (Wildman–Crippen LogP) is 4.42. The Morgan fingerprint density at radius 1 is 1.26 bits per heavy atom. The zero-order valence-electron chi connectivity index (χ0n) is 16.0. The number of nitrogens with one attached hydrogen (secondary N) is 2. The molecule has 4 nitrogen and oxygen atoms in total. The van der Waals surface area contributed by atoms with Crippen molar-refractivity contribution in [1.82, 2.24) is 15.2 Å². The van der Waals surface area contributed by atoms with Crippen molar-refractivity contribution < 1.29 is 4.79 Å². The Morgan fingerprint density at radius 3 is 2.78 bits per heavy atom. The summed E-state index contributed by atoms with van der Waals surface area (Å²) in [7, 11) is 0. The minimum atomic E-state index is -0.0741. The van der Waals surface area contributed by atoms with Gasteiger partial charge in [-0.15, -0.1) is 11.3 Å². The van der Waals surface area contributed by atoms with Crippen molar-refractivity contribution in [1.29, 1.82) is 0 Å². The zero-order chi connectivity index (χ0) is 18.8. The van der Waals surface area contributed by atoms with E-state index in [1.807, 2.05) is 18.4 Å². The van der Waals surface area contributed by atoms with Crippen molar-refractivity contribution in [3.8, 4) is 0 Å². The second kappa shape index (κ2) is 7.87. The van der Waals surface area contributed by atoms with Crippen LogP contribution in [-0.2, 0) is 11.3 Å². The van der Waals surface area contributed by atoms with Gasteiger partial charge >= 0.3 is 0 Å². The number of nitrogens with zero attached hydrogens (tertiary/aromatic N) is 1. The Bertz CT molecular complexity index is 907. The van der Waals surface area contributed by atoms with Gasteiger partial charge in [-0.2, -0.15) is 0 Å². The van der Waals surface area contributed by atoms with E-state index in [0.29, 0.717) is 12.5 Å². The number of aromatic amines is 1. The van der Waals surface area contributed by atoms with Crippen LogP contribution in [0.3, 0.4) is 0 Å². The molecule has 0 spiro atoms. The van der Waals surface area contributed by atoms with Crippen LogP contribution in [0.5, 0.6) is 0 Å². The highest BCUT2D eigenvalue weighted by Gasteiger charge is 2.29. The number of piperidine rings is 1. The maximum absolute atomic E-state index is 12.5. The summed E-state index contributed by atoms with van der Waals surface area (Å²) in [6, 6.07) is 12.6. The molecule has 0 aliphatic carbocycles. The molecule has 1 aliphatic heterocycles. The van der Waals surface area contributed by atoms with E-state index in [0.717, 1.165) is 25.9 Å². The number of benzene rings is 1. The first kappa shape index (κ1) is 18.3. The summed E-state index contributed by atoms with van der Waals surface area (Å²) in [5, 5.41) is 6.48. The van der Waals surface area contributed by atoms with Crippen LogP contribution in [0, 0.1) is 6.92 Å². The first-order chi connectivity index (χ1) is 13.1. The van der Waals surface area contributed by atoms with Crippen molar-refractivity contribution in [2.75, 3.05) is 13.1 Å². The van der Waals surface area contributed by atoms with Crippen LogP contribution >= 0.6 is 11.3 Å². The second-order valence-corrected chi connectivity index (χ2v) is 8.52. The third-order valence-electron chi connectivity index (χ3n) is 5.83. The Morgan fingerprint density at radius 2 is 2.04 bits per heavy atom. The van der Waals surface area contributed by atoms with Gasteiger partial charge in [-0.3, -0.25) is 9.69 Å². The van der Waals surface area contributed by atoms with Gasteiger partial charge < -0.3 is 10.3 Å². The molecule has 3 heterocycles. The number of para-hydroxylation sites is 1. The monoisotopic (exact) mass is 381 g/mol. The molecule has 1 saturated heterocycles. The number of aryl methyl sites for hydroxylation is 1. The molecule has 27 heavy (non-hydrogen) atoms. The zero-order valence-corrected chi connectivity index (χ0v) is 16.8. The van der Waals surface area contributed by atoms with E-state index in [1.54, 1.807) is 11.3 Å².